The molecule has 0 aliphatic carbocycles. The highest BCUT2D eigenvalue weighted by molar-refractivity contribution is 9.08. The van der Waals surface area contributed by atoms with Gasteiger partial charge in [0.05, 0.1) is 10.6 Å². The summed E-state index contributed by atoms with van der Waals surface area (Å²) in [5.41, 5.74) is 2.54. The first kappa shape index (κ1) is 14.5. The van der Waals surface area contributed by atoms with E-state index in [1.54, 1.807) is 23.9 Å². The fourth-order valence-electron chi connectivity index (χ4n) is 1.92. The highest BCUT2D eigenvalue weighted by atomic mass is 79.9. The second-order valence-corrected chi connectivity index (χ2v) is 5.02. The number of aromatic nitrogens is 2. The standard InChI is InChI=1S/C13H14BrN3O3/c1-8-4-5-11(17(18)19)12(6-8)20-13-10(7-14)9(2)15-16(13)3/h4-6H,7H2,1-3H3. The van der Waals surface area contributed by atoms with E-state index in [4.69, 9.17) is 4.74 Å². The van der Waals surface area contributed by atoms with Crippen LogP contribution in [0, 0.1) is 24.0 Å². The Morgan fingerprint density at radius 2 is 2.15 bits per heavy atom. The predicted molar refractivity (Wildman–Crippen MR) is 78.5 cm³/mol. The third kappa shape index (κ3) is 2.67. The average molecular weight is 340 g/mol. The molecule has 0 bridgehead atoms. The van der Waals surface area contributed by atoms with Crippen molar-refractivity contribution in [3.63, 3.8) is 0 Å². The molecular formula is C13H14BrN3O3. The maximum atomic E-state index is 11.1. The molecule has 0 atom stereocenters. The van der Waals surface area contributed by atoms with Crippen LogP contribution in [0.3, 0.4) is 0 Å². The molecular weight excluding hydrogens is 326 g/mol. The van der Waals surface area contributed by atoms with Gasteiger partial charge in [0, 0.05) is 24.0 Å². The van der Waals surface area contributed by atoms with Gasteiger partial charge in [0.2, 0.25) is 11.6 Å². The molecule has 6 nitrogen and oxygen atoms in total. The topological polar surface area (TPSA) is 70.2 Å². The van der Waals surface area contributed by atoms with Crippen LogP contribution in [0.25, 0.3) is 0 Å². The molecule has 0 N–H and O–H groups in total. The number of hydrogen-bond acceptors (Lipinski definition) is 4. The zero-order valence-electron chi connectivity index (χ0n) is 11.4. The van der Waals surface area contributed by atoms with Gasteiger partial charge in [-0.2, -0.15) is 5.10 Å². The van der Waals surface area contributed by atoms with Gasteiger partial charge in [-0.05, 0) is 25.5 Å². The molecule has 20 heavy (non-hydrogen) atoms. The van der Waals surface area contributed by atoms with E-state index >= 15 is 0 Å². The van der Waals surface area contributed by atoms with Crippen LogP contribution in [0.2, 0.25) is 0 Å². The van der Waals surface area contributed by atoms with Gasteiger partial charge in [-0.15, -0.1) is 0 Å². The lowest BCUT2D eigenvalue weighted by Crippen LogP contribution is -1.99. The summed E-state index contributed by atoms with van der Waals surface area (Å²) in [4.78, 5) is 10.6. The molecule has 0 saturated carbocycles. The number of nitro benzene ring substituents is 1. The van der Waals surface area contributed by atoms with Gasteiger partial charge in [0.15, 0.2) is 0 Å². The Labute approximate surface area is 124 Å². The second-order valence-electron chi connectivity index (χ2n) is 4.46. The zero-order chi connectivity index (χ0) is 14.9. The molecule has 1 heterocycles. The Bertz CT molecular complexity index is 667. The summed E-state index contributed by atoms with van der Waals surface area (Å²) in [7, 11) is 1.75. The number of benzene rings is 1. The number of halogens is 1. The van der Waals surface area contributed by atoms with E-state index in [0.717, 1.165) is 16.8 Å². The summed E-state index contributed by atoms with van der Waals surface area (Å²) in [5.74, 6) is 0.730. The number of nitro groups is 1. The van der Waals surface area contributed by atoms with Crippen LogP contribution in [-0.2, 0) is 12.4 Å². The van der Waals surface area contributed by atoms with Gasteiger partial charge in [-0.3, -0.25) is 10.1 Å². The van der Waals surface area contributed by atoms with Gasteiger partial charge in [-0.25, -0.2) is 4.68 Å². The molecule has 1 aromatic heterocycles. The van der Waals surface area contributed by atoms with Gasteiger partial charge < -0.3 is 4.74 Å². The van der Waals surface area contributed by atoms with Crippen LogP contribution >= 0.6 is 15.9 Å². The first-order valence-corrected chi connectivity index (χ1v) is 7.07. The predicted octanol–water partition coefficient (Wildman–Crippen LogP) is 3.63. The van der Waals surface area contributed by atoms with Crippen LogP contribution in [0.15, 0.2) is 18.2 Å². The Balaban J connectivity index is 2.49. The third-order valence-electron chi connectivity index (χ3n) is 2.94. The van der Waals surface area contributed by atoms with Crippen molar-refractivity contribution < 1.29 is 9.66 Å². The molecule has 2 aromatic rings. The minimum atomic E-state index is -0.453. The molecule has 0 radical (unpaired) electrons. The molecule has 0 aliphatic rings. The van der Waals surface area contributed by atoms with Crippen molar-refractivity contribution in [1.82, 2.24) is 9.78 Å². The number of hydrogen-bond donors (Lipinski definition) is 0. The molecule has 0 aliphatic heterocycles. The second kappa shape index (κ2) is 5.62. The largest absolute Gasteiger partial charge is 0.432 e. The van der Waals surface area contributed by atoms with Crippen molar-refractivity contribution in [1.29, 1.82) is 0 Å². The molecule has 2 rings (SSSR count). The zero-order valence-corrected chi connectivity index (χ0v) is 13.0. The highest BCUT2D eigenvalue weighted by Crippen LogP contribution is 2.35. The maximum Gasteiger partial charge on any atom is 0.311 e. The van der Waals surface area contributed by atoms with Crippen molar-refractivity contribution in [3.05, 3.63) is 45.1 Å². The minimum absolute atomic E-state index is 0.0602. The number of ether oxygens (including phenoxy) is 1. The molecule has 0 spiro atoms. The number of rotatable bonds is 4. The molecule has 0 saturated heterocycles. The van der Waals surface area contributed by atoms with Gasteiger partial charge in [0.1, 0.15) is 0 Å². The first-order valence-electron chi connectivity index (χ1n) is 5.95. The Morgan fingerprint density at radius 3 is 2.75 bits per heavy atom. The Kier molecular flexibility index (Phi) is 4.08. The summed E-state index contributed by atoms with van der Waals surface area (Å²) in [6.07, 6.45) is 0. The lowest BCUT2D eigenvalue weighted by atomic mass is 10.2. The number of nitrogens with zero attached hydrogens (tertiary/aromatic N) is 3. The molecule has 0 fully saturated rings. The van der Waals surface area contributed by atoms with E-state index in [-0.39, 0.29) is 11.4 Å². The smallest absolute Gasteiger partial charge is 0.311 e. The van der Waals surface area contributed by atoms with Crippen molar-refractivity contribution in [2.45, 2.75) is 19.2 Å². The molecule has 106 valence electrons. The minimum Gasteiger partial charge on any atom is -0.432 e. The summed E-state index contributed by atoms with van der Waals surface area (Å²) in [6, 6.07) is 4.78. The van der Waals surface area contributed by atoms with Crippen LogP contribution < -0.4 is 4.74 Å². The molecule has 1 aromatic carbocycles. The first-order chi connectivity index (χ1) is 9.43. The van der Waals surface area contributed by atoms with E-state index in [9.17, 15) is 10.1 Å². The molecule has 0 amide bonds. The van der Waals surface area contributed by atoms with Gasteiger partial charge in [-0.1, -0.05) is 22.0 Å². The lowest BCUT2D eigenvalue weighted by Gasteiger charge is -2.08. The van der Waals surface area contributed by atoms with Gasteiger partial charge >= 0.3 is 5.69 Å². The van der Waals surface area contributed by atoms with Crippen LogP contribution in [0.4, 0.5) is 5.69 Å². The van der Waals surface area contributed by atoms with E-state index in [2.05, 4.69) is 21.0 Å². The van der Waals surface area contributed by atoms with E-state index in [1.807, 2.05) is 13.8 Å². The Hall–Kier alpha value is -1.89. The van der Waals surface area contributed by atoms with E-state index in [0.29, 0.717) is 11.2 Å². The molecule has 7 heteroatoms. The third-order valence-corrected chi connectivity index (χ3v) is 3.50. The lowest BCUT2D eigenvalue weighted by molar-refractivity contribution is -0.385. The number of aryl methyl sites for hydroxylation is 3. The van der Waals surface area contributed by atoms with Gasteiger partial charge in [0.25, 0.3) is 0 Å². The monoisotopic (exact) mass is 339 g/mol. The van der Waals surface area contributed by atoms with Crippen LogP contribution in [0.1, 0.15) is 16.8 Å². The summed E-state index contributed by atoms with van der Waals surface area (Å²) in [5, 5.41) is 15.9. The van der Waals surface area contributed by atoms with Crippen molar-refractivity contribution >= 4 is 21.6 Å². The van der Waals surface area contributed by atoms with Crippen LogP contribution in [-0.4, -0.2) is 14.7 Å². The average Bonchev–Trinajstić information content (AvgIpc) is 2.63. The number of alkyl halides is 1. The quantitative estimate of drug-likeness (QED) is 0.484. The Morgan fingerprint density at radius 1 is 1.45 bits per heavy atom. The SMILES string of the molecule is Cc1ccc([N+](=O)[O-])c(Oc2c(CBr)c(C)nn2C)c1. The summed E-state index contributed by atoms with van der Waals surface area (Å²) in [6.45, 7) is 3.73. The maximum absolute atomic E-state index is 11.1. The van der Waals surface area contributed by atoms with Crippen molar-refractivity contribution in [3.8, 4) is 11.6 Å². The normalized spacial score (nSPS) is 10.6. The van der Waals surface area contributed by atoms with Crippen LogP contribution in [0.5, 0.6) is 11.6 Å². The van der Waals surface area contributed by atoms with E-state index in [1.165, 1.54) is 6.07 Å². The fraction of sp³-hybridized carbons (Fsp3) is 0.308. The molecule has 0 unspecified atom stereocenters. The van der Waals surface area contributed by atoms with Crippen molar-refractivity contribution in [2.75, 3.05) is 0 Å². The fourth-order valence-corrected chi connectivity index (χ4v) is 2.57. The summed E-state index contributed by atoms with van der Waals surface area (Å²) >= 11 is 3.38. The highest BCUT2D eigenvalue weighted by Gasteiger charge is 2.20. The summed E-state index contributed by atoms with van der Waals surface area (Å²) < 4.78 is 7.34. The van der Waals surface area contributed by atoms with Crippen molar-refractivity contribution in [2.24, 2.45) is 7.05 Å². The van der Waals surface area contributed by atoms with E-state index < -0.39 is 4.92 Å².